The molecule has 112 valence electrons. The van der Waals surface area contributed by atoms with Crippen molar-refractivity contribution in [1.29, 1.82) is 0 Å². The fraction of sp³-hybridized carbons (Fsp3) is 0.647. The van der Waals surface area contributed by atoms with Crippen LogP contribution in [0.3, 0.4) is 0 Å². The Labute approximate surface area is 122 Å². The van der Waals surface area contributed by atoms with Crippen molar-refractivity contribution in [2.75, 3.05) is 13.7 Å². The van der Waals surface area contributed by atoms with Crippen molar-refractivity contribution in [3.63, 3.8) is 0 Å². The molecule has 0 aliphatic carbocycles. The zero-order valence-corrected chi connectivity index (χ0v) is 13.1. The summed E-state index contributed by atoms with van der Waals surface area (Å²) in [6, 6.07) is 8.91. The molecule has 0 saturated carbocycles. The Morgan fingerprint density at radius 3 is 2.35 bits per heavy atom. The number of rotatable bonds is 5. The predicted molar refractivity (Wildman–Crippen MR) is 82.0 cm³/mol. The maximum atomic E-state index is 6.12. The van der Waals surface area contributed by atoms with E-state index in [2.05, 4.69) is 50.4 Å². The maximum Gasteiger partial charge on any atom is 0.0665 e. The molecular formula is C17H27NO2. The second-order valence-electron chi connectivity index (χ2n) is 5.94. The largest absolute Gasteiger partial charge is 0.376 e. The summed E-state index contributed by atoms with van der Waals surface area (Å²) in [6.07, 6.45) is 2.91. The highest BCUT2D eigenvalue weighted by Crippen LogP contribution is 2.23. The molecule has 1 heterocycles. The van der Waals surface area contributed by atoms with Crippen molar-refractivity contribution >= 4 is 0 Å². The van der Waals surface area contributed by atoms with Crippen molar-refractivity contribution in [2.24, 2.45) is 0 Å². The van der Waals surface area contributed by atoms with E-state index in [1.807, 2.05) is 7.05 Å². The number of nitrogens with one attached hydrogen (secondary N) is 1. The van der Waals surface area contributed by atoms with Crippen LogP contribution in [0.1, 0.15) is 43.9 Å². The second kappa shape index (κ2) is 7.21. The van der Waals surface area contributed by atoms with Gasteiger partial charge in [-0.3, -0.25) is 0 Å². The van der Waals surface area contributed by atoms with Crippen molar-refractivity contribution in [3.05, 3.63) is 35.4 Å². The highest BCUT2D eigenvalue weighted by atomic mass is 16.5. The van der Waals surface area contributed by atoms with Gasteiger partial charge in [0.05, 0.1) is 31.0 Å². The predicted octanol–water partition coefficient (Wildman–Crippen LogP) is 3.23. The summed E-state index contributed by atoms with van der Waals surface area (Å²) in [7, 11) is 1.99. The van der Waals surface area contributed by atoms with E-state index in [1.165, 1.54) is 11.1 Å². The van der Waals surface area contributed by atoms with Gasteiger partial charge >= 0.3 is 0 Å². The third-order valence-corrected chi connectivity index (χ3v) is 3.98. The van der Waals surface area contributed by atoms with Gasteiger partial charge in [-0.05, 0) is 46.2 Å². The van der Waals surface area contributed by atoms with Crippen LogP contribution in [0.4, 0.5) is 0 Å². The van der Waals surface area contributed by atoms with Gasteiger partial charge < -0.3 is 14.8 Å². The lowest BCUT2D eigenvalue weighted by atomic mass is 10.0. The van der Waals surface area contributed by atoms with E-state index < -0.39 is 0 Å². The first-order valence-corrected chi connectivity index (χ1v) is 7.59. The molecule has 2 rings (SSSR count). The van der Waals surface area contributed by atoms with Gasteiger partial charge in [0.25, 0.3) is 0 Å². The smallest absolute Gasteiger partial charge is 0.0665 e. The molecule has 1 aromatic carbocycles. The first-order chi connectivity index (χ1) is 9.58. The summed E-state index contributed by atoms with van der Waals surface area (Å²) in [6.45, 7) is 7.08. The van der Waals surface area contributed by atoms with E-state index in [4.69, 9.17) is 9.47 Å². The fourth-order valence-electron chi connectivity index (χ4n) is 2.86. The van der Waals surface area contributed by atoms with Crippen LogP contribution in [0.2, 0.25) is 0 Å². The van der Waals surface area contributed by atoms with Gasteiger partial charge in [0.2, 0.25) is 0 Å². The van der Waals surface area contributed by atoms with Gasteiger partial charge in [0.1, 0.15) is 0 Å². The Kier molecular flexibility index (Phi) is 5.58. The van der Waals surface area contributed by atoms with Gasteiger partial charge in [0, 0.05) is 0 Å². The Morgan fingerprint density at radius 2 is 1.80 bits per heavy atom. The van der Waals surface area contributed by atoms with E-state index in [0.717, 1.165) is 12.8 Å². The monoisotopic (exact) mass is 277 g/mol. The van der Waals surface area contributed by atoms with E-state index in [9.17, 15) is 0 Å². The molecule has 1 aliphatic heterocycles. The van der Waals surface area contributed by atoms with Gasteiger partial charge in [0.15, 0.2) is 0 Å². The average Bonchev–Trinajstić information content (AvgIpc) is 2.40. The molecule has 1 fully saturated rings. The number of ether oxygens (including phenoxy) is 2. The maximum absolute atomic E-state index is 6.12. The molecule has 1 aromatic rings. The fourth-order valence-corrected chi connectivity index (χ4v) is 2.86. The Hall–Kier alpha value is -0.900. The molecule has 3 unspecified atom stereocenters. The zero-order valence-electron chi connectivity index (χ0n) is 13.1. The van der Waals surface area contributed by atoms with Crippen molar-refractivity contribution in [1.82, 2.24) is 5.32 Å². The quantitative estimate of drug-likeness (QED) is 0.896. The second-order valence-corrected chi connectivity index (χ2v) is 5.94. The SMILES string of the molecule is CNC(COC1CC(C)OC(C)C1)c1ccc(C)cc1. The molecule has 0 radical (unpaired) electrons. The van der Waals surface area contributed by atoms with Crippen LogP contribution in [-0.2, 0) is 9.47 Å². The Bertz CT molecular complexity index is 394. The molecule has 0 bridgehead atoms. The zero-order chi connectivity index (χ0) is 14.5. The normalized spacial score (nSPS) is 28.3. The number of likely N-dealkylation sites (N-methyl/N-ethyl adjacent to an activating group) is 1. The van der Waals surface area contributed by atoms with Gasteiger partial charge in [-0.15, -0.1) is 0 Å². The molecule has 20 heavy (non-hydrogen) atoms. The van der Waals surface area contributed by atoms with Crippen molar-refractivity contribution in [2.45, 2.75) is 58.0 Å². The highest BCUT2D eigenvalue weighted by Gasteiger charge is 2.25. The molecule has 1 saturated heterocycles. The molecule has 0 amide bonds. The molecule has 1 N–H and O–H groups in total. The third kappa shape index (κ3) is 4.30. The number of hydrogen-bond acceptors (Lipinski definition) is 3. The lowest BCUT2D eigenvalue weighted by Crippen LogP contribution is -2.35. The topological polar surface area (TPSA) is 30.5 Å². The third-order valence-electron chi connectivity index (χ3n) is 3.98. The molecule has 1 aliphatic rings. The summed E-state index contributed by atoms with van der Waals surface area (Å²) in [5.41, 5.74) is 2.57. The van der Waals surface area contributed by atoms with E-state index >= 15 is 0 Å². The lowest BCUT2D eigenvalue weighted by molar-refractivity contribution is -0.104. The Morgan fingerprint density at radius 1 is 1.20 bits per heavy atom. The number of benzene rings is 1. The van der Waals surface area contributed by atoms with Crippen LogP contribution in [0.5, 0.6) is 0 Å². The number of hydrogen-bond donors (Lipinski definition) is 1. The highest BCUT2D eigenvalue weighted by molar-refractivity contribution is 5.24. The van der Waals surface area contributed by atoms with Crippen LogP contribution in [0.25, 0.3) is 0 Å². The standard InChI is InChI=1S/C17H27NO2/c1-12-5-7-15(8-6-12)17(18-4)11-19-16-9-13(2)20-14(3)10-16/h5-8,13-14,16-18H,9-11H2,1-4H3. The van der Waals surface area contributed by atoms with Crippen molar-refractivity contribution < 1.29 is 9.47 Å². The minimum atomic E-state index is 0.254. The summed E-state index contributed by atoms with van der Waals surface area (Å²) >= 11 is 0. The Balaban J connectivity index is 1.89. The number of aryl methyl sites for hydroxylation is 1. The first-order valence-electron chi connectivity index (χ1n) is 7.59. The summed E-state index contributed by atoms with van der Waals surface area (Å²) in [5, 5.41) is 3.34. The van der Waals surface area contributed by atoms with Gasteiger partial charge in [-0.25, -0.2) is 0 Å². The first kappa shape index (κ1) is 15.5. The molecule has 0 spiro atoms. The minimum Gasteiger partial charge on any atom is -0.376 e. The molecular weight excluding hydrogens is 250 g/mol. The van der Waals surface area contributed by atoms with Crippen molar-refractivity contribution in [3.8, 4) is 0 Å². The van der Waals surface area contributed by atoms with Crippen LogP contribution >= 0.6 is 0 Å². The van der Waals surface area contributed by atoms with Crippen LogP contribution < -0.4 is 5.32 Å². The average molecular weight is 277 g/mol. The van der Waals surface area contributed by atoms with Crippen LogP contribution in [0, 0.1) is 6.92 Å². The van der Waals surface area contributed by atoms with Crippen LogP contribution in [0.15, 0.2) is 24.3 Å². The lowest BCUT2D eigenvalue weighted by Gasteiger charge is -2.33. The molecule has 3 heteroatoms. The molecule has 0 aromatic heterocycles. The van der Waals surface area contributed by atoms with Gasteiger partial charge in [-0.1, -0.05) is 29.8 Å². The van der Waals surface area contributed by atoms with E-state index in [0.29, 0.717) is 24.9 Å². The van der Waals surface area contributed by atoms with Crippen LogP contribution in [-0.4, -0.2) is 32.0 Å². The molecule has 3 atom stereocenters. The van der Waals surface area contributed by atoms with E-state index in [1.54, 1.807) is 0 Å². The summed E-state index contributed by atoms with van der Waals surface area (Å²) in [5.74, 6) is 0. The summed E-state index contributed by atoms with van der Waals surface area (Å²) in [4.78, 5) is 0. The minimum absolute atomic E-state index is 0.254. The molecule has 3 nitrogen and oxygen atoms in total. The summed E-state index contributed by atoms with van der Waals surface area (Å²) < 4.78 is 11.9. The van der Waals surface area contributed by atoms with Gasteiger partial charge in [-0.2, -0.15) is 0 Å². The van der Waals surface area contributed by atoms with E-state index in [-0.39, 0.29) is 6.04 Å².